The van der Waals surface area contributed by atoms with Crippen LogP contribution in [0.1, 0.15) is 72.8 Å². The van der Waals surface area contributed by atoms with Gasteiger partial charge >= 0.3 is 6.18 Å². The van der Waals surface area contributed by atoms with Gasteiger partial charge in [0, 0.05) is 12.0 Å². The summed E-state index contributed by atoms with van der Waals surface area (Å²) < 4.78 is 53.1. The van der Waals surface area contributed by atoms with Crippen molar-refractivity contribution in [2.45, 2.75) is 81.1 Å². The van der Waals surface area contributed by atoms with Crippen LogP contribution in [0.2, 0.25) is 0 Å². The Kier molecular flexibility index (Phi) is 7.15. The van der Waals surface area contributed by atoms with Gasteiger partial charge in [0.15, 0.2) is 12.2 Å². The molecule has 1 N–H and O–H groups in total. The predicted molar refractivity (Wildman–Crippen MR) is 143 cm³/mol. The molecule has 6 nitrogen and oxygen atoms in total. The summed E-state index contributed by atoms with van der Waals surface area (Å²) in [5.41, 5.74) is 0.166. The maximum Gasteiger partial charge on any atom is 0.417 e. The van der Waals surface area contributed by atoms with Crippen LogP contribution in [0.3, 0.4) is 0 Å². The molecule has 0 bridgehead atoms. The number of piperidine rings is 1. The first kappa shape index (κ1) is 27.3. The molecular formula is C31H36F3N3O3. The first-order valence-corrected chi connectivity index (χ1v) is 14.3. The molecule has 6 rings (SSSR count). The molecule has 1 saturated heterocycles. The van der Waals surface area contributed by atoms with E-state index in [1.807, 2.05) is 48.5 Å². The number of likely N-dealkylation sites (tertiary alicyclic amines) is 1. The Morgan fingerprint density at radius 2 is 1.95 bits per heavy atom. The monoisotopic (exact) mass is 555 g/mol. The second-order valence-corrected chi connectivity index (χ2v) is 12.0. The first-order valence-electron chi connectivity index (χ1n) is 14.3. The van der Waals surface area contributed by atoms with Gasteiger partial charge in [-0.15, -0.1) is 0 Å². The number of benzene rings is 2. The second kappa shape index (κ2) is 10.5. The molecule has 0 radical (unpaired) electrons. The van der Waals surface area contributed by atoms with E-state index in [2.05, 4.69) is 22.1 Å². The number of aryl methyl sites for hydroxylation is 1. The number of fused-ring (bicyclic) bond motifs is 3. The van der Waals surface area contributed by atoms with Crippen LogP contribution in [-0.4, -0.2) is 52.1 Å². The number of hydrogen-bond donors (Lipinski definition) is 1. The predicted octanol–water partition coefficient (Wildman–Crippen LogP) is 5.98. The molecule has 1 aliphatic heterocycles. The van der Waals surface area contributed by atoms with E-state index in [1.54, 1.807) is 0 Å². The minimum absolute atomic E-state index is 0.182. The van der Waals surface area contributed by atoms with Crippen molar-refractivity contribution in [1.29, 1.82) is 0 Å². The fraction of sp³-hybridized carbons (Fsp3) is 0.548. The molecular weight excluding hydrogens is 519 g/mol. The number of aliphatic hydroxyl groups is 1. The summed E-state index contributed by atoms with van der Waals surface area (Å²) in [6.07, 6.45) is -0.914. The fourth-order valence-electron chi connectivity index (χ4n) is 7.31. The van der Waals surface area contributed by atoms with E-state index in [0.29, 0.717) is 36.7 Å². The summed E-state index contributed by atoms with van der Waals surface area (Å²) in [5.74, 6) is 1.80. The molecule has 2 aromatic carbocycles. The van der Waals surface area contributed by atoms with E-state index in [9.17, 15) is 18.3 Å². The van der Waals surface area contributed by atoms with Crippen LogP contribution in [-0.2, 0) is 24.9 Å². The Morgan fingerprint density at radius 1 is 1.12 bits per heavy atom. The molecule has 1 saturated carbocycles. The Bertz CT molecular complexity index is 1330. The molecule has 214 valence electrons. The van der Waals surface area contributed by atoms with Gasteiger partial charge in [0.2, 0.25) is 11.7 Å². The van der Waals surface area contributed by atoms with Crippen molar-refractivity contribution < 1.29 is 27.5 Å². The van der Waals surface area contributed by atoms with Crippen molar-refractivity contribution in [1.82, 2.24) is 15.0 Å². The molecule has 40 heavy (non-hydrogen) atoms. The van der Waals surface area contributed by atoms with Crippen LogP contribution in [0.4, 0.5) is 13.2 Å². The highest BCUT2D eigenvalue weighted by molar-refractivity contribution is 5.45. The molecule has 1 aromatic heterocycles. The summed E-state index contributed by atoms with van der Waals surface area (Å²) in [4.78, 5) is 6.84. The zero-order chi connectivity index (χ0) is 28.0. The largest absolute Gasteiger partial charge is 0.485 e. The number of ether oxygens (including phenoxy) is 1. The lowest BCUT2D eigenvalue weighted by Gasteiger charge is -2.53. The average molecular weight is 556 g/mol. The maximum absolute atomic E-state index is 13.8. The Labute approximate surface area is 232 Å². The molecule has 0 amide bonds. The lowest BCUT2D eigenvalue weighted by molar-refractivity contribution is -0.279. The zero-order valence-corrected chi connectivity index (χ0v) is 22.8. The number of nitrogens with zero attached hydrogens (tertiary/aromatic N) is 3. The highest BCUT2D eigenvalue weighted by Crippen LogP contribution is 2.57. The topological polar surface area (TPSA) is 71.6 Å². The summed E-state index contributed by atoms with van der Waals surface area (Å²) in [6, 6.07) is 15.9. The van der Waals surface area contributed by atoms with E-state index in [0.717, 1.165) is 42.6 Å². The smallest absolute Gasteiger partial charge is 0.417 e. The summed E-state index contributed by atoms with van der Waals surface area (Å²) in [6.45, 7) is 2.16. The van der Waals surface area contributed by atoms with Crippen LogP contribution < -0.4 is 4.74 Å². The second-order valence-electron chi connectivity index (χ2n) is 12.0. The lowest BCUT2D eigenvalue weighted by Crippen LogP contribution is -2.56. The van der Waals surface area contributed by atoms with Gasteiger partial charge in [-0.1, -0.05) is 41.6 Å². The van der Waals surface area contributed by atoms with E-state index in [-0.39, 0.29) is 37.7 Å². The fourth-order valence-corrected chi connectivity index (χ4v) is 7.31. The minimum atomic E-state index is -4.63. The van der Waals surface area contributed by atoms with Gasteiger partial charge in [0.05, 0.1) is 5.92 Å². The van der Waals surface area contributed by atoms with Gasteiger partial charge in [0.25, 0.3) is 0 Å². The minimum Gasteiger partial charge on any atom is -0.485 e. The van der Waals surface area contributed by atoms with Gasteiger partial charge in [-0.2, -0.15) is 18.2 Å². The third-order valence-electron chi connectivity index (χ3n) is 9.44. The van der Waals surface area contributed by atoms with E-state index < -0.39 is 17.2 Å². The molecule has 9 heteroatoms. The number of rotatable bonds is 6. The third kappa shape index (κ3) is 5.14. The van der Waals surface area contributed by atoms with Crippen LogP contribution in [0.15, 0.2) is 53.1 Å². The third-order valence-corrected chi connectivity index (χ3v) is 9.44. The van der Waals surface area contributed by atoms with Crippen molar-refractivity contribution in [2.75, 3.05) is 20.1 Å². The lowest BCUT2D eigenvalue weighted by atomic mass is 9.52. The SMILES string of the molecule is CN1CCCC(c2nc(COc3ccc4c(c3)CC[C@@H]3C[C@@](O)(C(F)(F)F)CC[C@@]43Cc3ccccc3)no2)C1. The van der Waals surface area contributed by atoms with Crippen LogP contribution >= 0.6 is 0 Å². The van der Waals surface area contributed by atoms with Gasteiger partial charge in [-0.25, -0.2) is 0 Å². The highest BCUT2D eigenvalue weighted by atomic mass is 19.4. The number of halogens is 3. The molecule has 2 aliphatic carbocycles. The van der Waals surface area contributed by atoms with Crippen LogP contribution in [0.25, 0.3) is 0 Å². The van der Waals surface area contributed by atoms with Gasteiger partial charge in [0.1, 0.15) is 5.75 Å². The van der Waals surface area contributed by atoms with E-state index in [1.165, 1.54) is 0 Å². The van der Waals surface area contributed by atoms with Crippen molar-refractivity contribution in [2.24, 2.45) is 5.92 Å². The molecule has 1 unspecified atom stereocenters. The van der Waals surface area contributed by atoms with Crippen LogP contribution in [0, 0.1) is 5.92 Å². The summed E-state index contributed by atoms with van der Waals surface area (Å²) in [7, 11) is 2.10. The standard InChI is InChI=1S/C31H36F3N3O3/c1-37-15-5-8-23(19-37)28-35-27(36-40-28)20-39-25-11-12-26-22(16-25)9-10-24-18-30(38,31(32,33)34)14-13-29(24,26)17-21-6-3-2-4-7-21/h2-4,6-7,11-12,16,23-24,38H,5,8-10,13-15,17-20H2,1H3/t23?,24-,29+,30-/m1/s1. The molecule has 3 aromatic rings. The summed E-state index contributed by atoms with van der Waals surface area (Å²) >= 11 is 0. The maximum atomic E-state index is 13.8. The number of alkyl halides is 3. The summed E-state index contributed by atoms with van der Waals surface area (Å²) in [5, 5.41) is 14.7. The zero-order valence-electron chi connectivity index (χ0n) is 22.8. The first-order chi connectivity index (χ1) is 19.2. The van der Waals surface area contributed by atoms with Crippen molar-refractivity contribution in [3.8, 4) is 5.75 Å². The molecule has 3 aliphatic rings. The average Bonchev–Trinajstić information content (AvgIpc) is 3.41. The van der Waals surface area contributed by atoms with Gasteiger partial charge in [-0.3, -0.25) is 0 Å². The number of aromatic nitrogens is 2. The molecule has 2 heterocycles. The normalized spacial score (nSPS) is 29.0. The Hall–Kier alpha value is -2.91. The highest BCUT2D eigenvalue weighted by Gasteiger charge is 2.61. The number of hydrogen-bond acceptors (Lipinski definition) is 6. The van der Waals surface area contributed by atoms with E-state index in [4.69, 9.17) is 9.26 Å². The van der Waals surface area contributed by atoms with Gasteiger partial charge in [-0.05, 0) is 99.7 Å². The Balaban J connectivity index is 1.22. The van der Waals surface area contributed by atoms with Crippen LogP contribution in [0.5, 0.6) is 5.75 Å². The van der Waals surface area contributed by atoms with Crippen molar-refractivity contribution in [3.05, 3.63) is 76.9 Å². The quantitative estimate of drug-likeness (QED) is 0.404. The Morgan fingerprint density at radius 3 is 2.73 bits per heavy atom. The van der Waals surface area contributed by atoms with Crippen molar-refractivity contribution >= 4 is 0 Å². The number of likely N-dealkylation sites (N-methyl/N-ethyl adjacent to an activating group) is 1. The molecule has 4 atom stereocenters. The van der Waals surface area contributed by atoms with Crippen molar-refractivity contribution in [3.63, 3.8) is 0 Å². The molecule has 0 spiro atoms. The van der Waals surface area contributed by atoms with Gasteiger partial charge < -0.3 is 19.3 Å². The van der Waals surface area contributed by atoms with E-state index >= 15 is 0 Å². The molecule has 2 fully saturated rings.